The van der Waals surface area contributed by atoms with E-state index < -0.39 is 0 Å². The van der Waals surface area contributed by atoms with Crippen LogP contribution in [0, 0.1) is 12.8 Å². The maximum Gasteiger partial charge on any atom is 0.317 e. The van der Waals surface area contributed by atoms with E-state index in [2.05, 4.69) is 33.7 Å². The summed E-state index contributed by atoms with van der Waals surface area (Å²) in [6, 6.07) is 5.72. The summed E-state index contributed by atoms with van der Waals surface area (Å²) in [7, 11) is 0. The summed E-state index contributed by atoms with van der Waals surface area (Å²) in [6.07, 6.45) is 0. The molecular weight excluding hydrogens is 396 g/mol. The lowest BCUT2D eigenvalue weighted by Crippen LogP contribution is -2.47. The van der Waals surface area contributed by atoms with Crippen LogP contribution in [0.15, 0.2) is 18.2 Å². The Morgan fingerprint density at radius 1 is 1.29 bits per heavy atom. The maximum absolute atomic E-state index is 12.1. The molecule has 3 N–H and O–H groups in total. The van der Waals surface area contributed by atoms with E-state index >= 15 is 0 Å². The number of morpholine rings is 1. The molecule has 9 heteroatoms. The highest BCUT2D eigenvalue weighted by molar-refractivity contribution is 6.06. The van der Waals surface area contributed by atoms with Gasteiger partial charge in [0.15, 0.2) is 5.82 Å². The topological polar surface area (TPSA) is 108 Å². The molecule has 1 aliphatic heterocycles. The van der Waals surface area contributed by atoms with Gasteiger partial charge in [0.05, 0.1) is 30.8 Å². The molecule has 1 fully saturated rings. The van der Waals surface area contributed by atoms with Gasteiger partial charge in [-0.05, 0) is 25.0 Å². The standard InChI is InChI=1S/C22H30N6O3/c1-14(2)13-28-15(3)25-19-20(28)17-5-4-16(12-18(17)26-21(19)23)31-9-6-24-22(29)27-7-10-30-11-8-27/h4-5,12,14H,6-11,13H2,1-3H3,(H2,23,26)(H,24,29). The van der Waals surface area contributed by atoms with Crippen LogP contribution in [-0.4, -0.2) is 64.9 Å². The van der Waals surface area contributed by atoms with Crippen LogP contribution in [-0.2, 0) is 11.3 Å². The largest absolute Gasteiger partial charge is 0.492 e. The number of carbonyl (C=O) groups is 1. The van der Waals surface area contributed by atoms with E-state index in [0.29, 0.717) is 56.9 Å². The fourth-order valence-corrected chi connectivity index (χ4v) is 3.89. The van der Waals surface area contributed by atoms with Crippen LogP contribution in [0.3, 0.4) is 0 Å². The molecule has 3 heterocycles. The van der Waals surface area contributed by atoms with Crippen LogP contribution in [0.25, 0.3) is 21.9 Å². The number of aryl methyl sites for hydroxylation is 1. The van der Waals surface area contributed by atoms with Crippen molar-refractivity contribution in [3.63, 3.8) is 0 Å². The van der Waals surface area contributed by atoms with Crippen LogP contribution in [0.1, 0.15) is 19.7 Å². The predicted molar refractivity (Wildman–Crippen MR) is 120 cm³/mol. The number of urea groups is 1. The number of fused-ring (bicyclic) bond motifs is 3. The van der Waals surface area contributed by atoms with E-state index in [0.717, 1.165) is 34.3 Å². The first kappa shape index (κ1) is 21.2. The molecule has 0 radical (unpaired) electrons. The first-order valence-electron chi connectivity index (χ1n) is 10.7. The Balaban J connectivity index is 1.47. The zero-order valence-electron chi connectivity index (χ0n) is 18.4. The number of ether oxygens (including phenoxy) is 2. The van der Waals surface area contributed by atoms with E-state index in [1.165, 1.54) is 0 Å². The lowest BCUT2D eigenvalue weighted by molar-refractivity contribution is 0.0530. The van der Waals surface area contributed by atoms with Gasteiger partial charge in [-0.3, -0.25) is 0 Å². The highest BCUT2D eigenvalue weighted by Gasteiger charge is 2.17. The number of pyridine rings is 1. The molecule has 0 saturated carbocycles. The molecule has 3 aromatic rings. The van der Waals surface area contributed by atoms with Crippen LogP contribution < -0.4 is 15.8 Å². The number of nitrogens with two attached hydrogens (primary N) is 1. The van der Waals surface area contributed by atoms with Gasteiger partial charge in [-0.25, -0.2) is 14.8 Å². The van der Waals surface area contributed by atoms with Gasteiger partial charge < -0.3 is 30.0 Å². The number of imidazole rings is 1. The zero-order chi connectivity index (χ0) is 22.0. The minimum absolute atomic E-state index is 0.0870. The lowest BCUT2D eigenvalue weighted by atomic mass is 10.1. The van der Waals surface area contributed by atoms with Gasteiger partial charge in [-0.15, -0.1) is 0 Å². The summed E-state index contributed by atoms with van der Waals surface area (Å²) in [5.41, 5.74) is 8.74. The zero-order valence-corrected chi connectivity index (χ0v) is 18.4. The second kappa shape index (κ2) is 8.97. The van der Waals surface area contributed by atoms with Gasteiger partial charge in [-0.2, -0.15) is 0 Å². The fraction of sp³-hybridized carbons (Fsp3) is 0.500. The van der Waals surface area contributed by atoms with Crippen molar-refractivity contribution in [2.45, 2.75) is 27.3 Å². The van der Waals surface area contributed by atoms with Crippen molar-refractivity contribution in [1.82, 2.24) is 24.8 Å². The van der Waals surface area contributed by atoms with E-state index in [1.807, 2.05) is 25.1 Å². The highest BCUT2D eigenvalue weighted by Crippen LogP contribution is 2.31. The number of hydrogen-bond donors (Lipinski definition) is 2. The van der Waals surface area contributed by atoms with Gasteiger partial charge in [0.25, 0.3) is 0 Å². The van der Waals surface area contributed by atoms with E-state index in [1.54, 1.807) is 4.90 Å². The molecule has 0 spiro atoms. The Morgan fingerprint density at radius 3 is 2.81 bits per heavy atom. The summed E-state index contributed by atoms with van der Waals surface area (Å²) in [5.74, 6) is 2.52. The second-order valence-corrected chi connectivity index (χ2v) is 8.22. The molecule has 0 unspecified atom stereocenters. The first-order chi connectivity index (χ1) is 14.9. The van der Waals surface area contributed by atoms with Gasteiger partial charge >= 0.3 is 6.03 Å². The van der Waals surface area contributed by atoms with Crippen molar-refractivity contribution in [2.24, 2.45) is 5.92 Å². The third-order valence-corrected chi connectivity index (χ3v) is 5.36. The summed E-state index contributed by atoms with van der Waals surface area (Å²) in [6.45, 7) is 10.4. The molecule has 2 amide bonds. The minimum Gasteiger partial charge on any atom is -0.492 e. The minimum atomic E-state index is -0.0870. The molecule has 0 atom stereocenters. The Morgan fingerprint density at radius 2 is 2.06 bits per heavy atom. The van der Waals surface area contributed by atoms with Crippen molar-refractivity contribution in [3.05, 3.63) is 24.0 Å². The molecule has 166 valence electrons. The van der Waals surface area contributed by atoms with Crippen molar-refractivity contribution >= 4 is 33.8 Å². The number of rotatable bonds is 6. The molecule has 0 bridgehead atoms. The smallest absolute Gasteiger partial charge is 0.317 e. The molecular formula is C22H30N6O3. The van der Waals surface area contributed by atoms with Gasteiger partial charge in [0.2, 0.25) is 0 Å². The SMILES string of the molecule is Cc1nc2c(N)nc3cc(OCCNC(=O)N4CCOCC4)ccc3c2n1CC(C)C. The monoisotopic (exact) mass is 426 g/mol. The molecule has 1 aliphatic rings. The predicted octanol–water partition coefficient (Wildman–Crippen LogP) is 2.55. The van der Waals surface area contributed by atoms with Crippen LogP contribution >= 0.6 is 0 Å². The lowest BCUT2D eigenvalue weighted by Gasteiger charge is -2.26. The third kappa shape index (κ3) is 4.51. The molecule has 1 saturated heterocycles. The molecule has 1 aromatic carbocycles. The Hall–Kier alpha value is -3.07. The van der Waals surface area contributed by atoms with Crippen LogP contribution in [0.4, 0.5) is 10.6 Å². The molecule has 31 heavy (non-hydrogen) atoms. The summed E-state index contributed by atoms with van der Waals surface area (Å²) in [4.78, 5) is 23.1. The fourth-order valence-electron chi connectivity index (χ4n) is 3.89. The van der Waals surface area contributed by atoms with Gasteiger partial charge in [0, 0.05) is 31.1 Å². The van der Waals surface area contributed by atoms with Crippen LogP contribution in [0.2, 0.25) is 0 Å². The number of hydrogen-bond acceptors (Lipinski definition) is 6. The number of aromatic nitrogens is 3. The normalized spacial score (nSPS) is 14.5. The number of nitrogens with zero attached hydrogens (tertiary/aromatic N) is 4. The summed E-state index contributed by atoms with van der Waals surface area (Å²) >= 11 is 0. The quantitative estimate of drug-likeness (QED) is 0.587. The summed E-state index contributed by atoms with van der Waals surface area (Å²) in [5, 5.41) is 3.88. The van der Waals surface area contributed by atoms with E-state index in [9.17, 15) is 4.79 Å². The second-order valence-electron chi connectivity index (χ2n) is 8.22. The number of nitrogens with one attached hydrogen (secondary N) is 1. The van der Waals surface area contributed by atoms with Crippen molar-refractivity contribution in [2.75, 3.05) is 45.2 Å². The maximum atomic E-state index is 12.1. The Labute approximate surface area is 181 Å². The molecule has 2 aromatic heterocycles. The Kier molecular flexibility index (Phi) is 6.13. The van der Waals surface area contributed by atoms with Crippen molar-refractivity contribution in [3.8, 4) is 5.75 Å². The number of anilines is 1. The van der Waals surface area contributed by atoms with E-state index in [-0.39, 0.29) is 6.03 Å². The Bertz CT molecular complexity index is 1090. The number of carbonyl (C=O) groups excluding carboxylic acids is 1. The van der Waals surface area contributed by atoms with Gasteiger partial charge in [0.1, 0.15) is 23.7 Å². The molecule has 9 nitrogen and oxygen atoms in total. The number of amides is 2. The molecule has 0 aliphatic carbocycles. The van der Waals surface area contributed by atoms with Crippen molar-refractivity contribution in [1.29, 1.82) is 0 Å². The summed E-state index contributed by atoms with van der Waals surface area (Å²) < 4.78 is 13.3. The number of nitrogen functional groups attached to an aromatic ring is 1. The average Bonchev–Trinajstić information content (AvgIpc) is 3.08. The molecule has 4 rings (SSSR count). The van der Waals surface area contributed by atoms with Crippen LogP contribution in [0.5, 0.6) is 5.75 Å². The number of benzene rings is 1. The van der Waals surface area contributed by atoms with Crippen molar-refractivity contribution < 1.29 is 14.3 Å². The first-order valence-corrected chi connectivity index (χ1v) is 10.7. The van der Waals surface area contributed by atoms with Gasteiger partial charge in [-0.1, -0.05) is 13.8 Å². The highest BCUT2D eigenvalue weighted by atomic mass is 16.5. The third-order valence-electron chi connectivity index (χ3n) is 5.36. The average molecular weight is 427 g/mol. The van der Waals surface area contributed by atoms with E-state index in [4.69, 9.17) is 15.2 Å².